The second-order valence-corrected chi connectivity index (χ2v) is 7.63. The number of amides is 2. The number of thiophene rings is 1. The number of primary amides is 1. The first-order valence-electron chi connectivity index (χ1n) is 8.90. The van der Waals surface area contributed by atoms with E-state index in [9.17, 15) is 19.7 Å². The van der Waals surface area contributed by atoms with Crippen molar-refractivity contribution in [3.8, 4) is 0 Å². The van der Waals surface area contributed by atoms with Gasteiger partial charge in [-0.25, -0.2) is 0 Å². The molecule has 0 saturated carbocycles. The molecule has 0 radical (unpaired) electrons. The molecular formula is C19H21N4O4S+. The van der Waals surface area contributed by atoms with Gasteiger partial charge < -0.3 is 16.0 Å². The predicted octanol–water partition coefficient (Wildman–Crippen LogP) is 1.37. The first-order valence-corrected chi connectivity index (χ1v) is 9.72. The van der Waals surface area contributed by atoms with E-state index in [1.165, 1.54) is 40.5 Å². The molecule has 1 aliphatic heterocycles. The number of anilines is 1. The first-order chi connectivity index (χ1) is 13.4. The fraction of sp³-hybridized carbons (Fsp3) is 0.263. The number of hydrogen-bond acceptors (Lipinski definition) is 5. The lowest BCUT2D eigenvalue weighted by molar-refractivity contribution is -0.913. The zero-order valence-electron chi connectivity index (χ0n) is 15.4. The third-order valence-electron chi connectivity index (χ3n) is 4.72. The highest BCUT2D eigenvalue weighted by molar-refractivity contribution is 7.17. The SMILES string of the molecule is CC[NH+]1CCc2c(sc(NC(=O)C=Cc3cccc([N+](=O)[O-])c3)c2C(N)=O)C1. The van der Waals surface area contributed by atoms with Crippen LogP contribution in [0, 0.1) is 10.1 Å². The highest BCUT2D eigenvalue weighted by atomic mass is 32.1. The monoisotopic (exact) mass is 401 g/mol. The Morgan fingerprint density at radius 2 is 2.21 bits per heavy atom. The molecule has 0 fully saturated rings. The number of non-ortho nitro benzene ring substituents is 1. The maximum absolute atomic E-state index is 12.3. The van der Waals surface area contributed by atoms with Crippen LogP contribution in [-0.2, 0) is 17.8 Å². The normalized spacial score (nSPS) is 16.0. The number of nitrogens with zero attached hydrogens (tertiary/aromatic N) is 1. The van der Waals surface area contributed by atoms with Gasteiger partial charge in [0, 0.05) is 24.6 Å². The molecule has 0 spiro atoms. The summed E-state index contributed by atoms with van der Waals surface area (Å²) in [5.41, 5.74) is 7.38. The number of hydrogen-bond donors (Lipinski definition) is 3. The Kier molecular flexibility index (Phi) is 5.86. The van der Waals surface area contributed by atoms with E-state index in [1.807, 2.05) is 0 Å². The molecule has 2 heterocycles. The molecule has 4 N–H and O–H groups in total. The molecule has 9 heteroatoms. The minimum absolute atomic E-state index is 0.0486. The standard InChI is InChI=1S/C19H20N4O4S/c1-2-22-9-8-14-15(11-22)28-19(17(14)18(20)25)21-16(24)7-6-12-4-3-5-13(10-12)23(26)27/h3-7,10H,2,8-9,11H2,1H3,(H2,20,25)(H,21,24)/p+1. The Balaban J connectivity index is 1.79. The number of fused-ring (bicyclic) bond motifs is 1. The first kappa shape index (κ1) is 19.7. The van der Waals surface area contributed by atoms with Crippen LogP contribution in [0.2, 0.25) is 0 Å². The van der Waals surface area contributed by atoms with Crippen molar-refractivity contribution in [2.24, 2.45) is 5.73 Å². The number of likely N-dealkylation sites (N-methyl/N-ethyl adjacent to an activating group) is 1. The van der Waals surface area contributed by atoms with Crippen molar-refractivity contribution in [1.29, 1.82) is 0 Å². The van der Waals surface area contributed by atoms with E-state index in [4.69, 9.17) is 5.73 Å². The van der Waals surface area contributed by atoms with Crippen LogP contribution < -0.4 is 16.0 Å². The number of nitrogens with two attached hydrogens (primary N) is 1. The van der Waals surface area contributed by atoms with Crippen molar-refractivity contribution in [2.45, 2.75) is 19.9 Å². The molecule has 0 saturated heterocycles. The Bertz CT molecular complexity index is 967. The van der Waals surface area contributed by atoms with Gasteiger partial charge in [0.15, 0.2) is 0 Å². The zero-order chi connectivity index (χ0) is 20.3. The summed E-state index contributed by atoms with van der Waals surface area (Å²) >= 11 is 1.39. The summed E-state index contributed by atoms with van der Waals surface area (Å²) in [6.07, 6.45) is 3.53. The molecule has 0 bridgehead atoms. The minimum atomic E-state index is -0.546. The summed E-state index contributed by atoms with van der Waals surface area (Å²) in [5.74, 6) is -0.970. The summed E-state index contributed by atoms with van der Waals surface area (Å²) in [6, 6.07) is 5.98. The number of benzene rings is 1. The topological polar surface area (TPSA) is 120 Å². The van der Waals surface area contributed by atoms with Gasteiger partial charge in [-0.1, -0.05) is 12.1 Å². The molecule has 146 valence electrons. The molecule has 2 amide bonds. The van der Waals surface area contributed by atoms with Gasteiger partial charge in [-0.05, 0) is 24.1 Å². The summed E-state index contributed by atoms with van der Waals surface area (Å²) in [7, 11) is 0. The number of carbonyl (C=O) groups is 2. The van der Waals surface area contributed by atoms with E-state index < -0.39 is 16.7 Å². The molecule has 1 aromatic carbocycles. The third-order valence-corrected chi connectivity index (χ3v) is 5.87. The van der Waals surface area contributed by atoms with Crippen molar-refractivity contribution in [1.82, 2.24) is 0 Å². The van der Waals surface area contributed by atoms with Gasteiger partial charge in [0.25, 0.3) is 11.6 Å². The summed E-state index contributed by atoms with van der Waals surface area (Å²) in [6.45, 7) is 4.86. The Morgan fingerprint density at radius 3 is 2.89 bits per heavy atom. The number of nitrogens with one attached hydrogen (secondary N) is 2. The van der Waals surface area contributed by atoms with Crippen LogP contribution in [-0.4, -0.2) is 29.8 Å². The van der Waals surface area contributed by atoms with Crippen LogP contribution in [0.5, 0.6) is 0 Å². The summed E-state index contributed by atoms with van der Waals surface area (Å²) in [4.78, 5) is 37.1. The van der Waals surface area contributed by atoms with E-state index in [0.29, 0.717) is 16.1 Å². The average molecular weight is 401 g/mol. The molecule has 1 aromatic heterocycles. The Hall–Kier alpha value is -3.04. The van der Waals surface area contributed by atoms with Crippen LogP contribution in [0.1, 0.15) is 33.3 Å². The van der Waals surface area contributed by atoms with E-state index >= 15 is 0 Å². The molecule has 1 unspecified atom stereocenters. The molecule has 8 nitrogen and oxygen atoms in total. The van der Waals surface area contributed by atoms with Crippen molar-refractivity contribution in [2.75, 3.05) is 18.4 Å². The van der Waals surface area contributed by atoms with E-state index in [-0.39, 0.29) is 5.69 Å². The fourth-order valence-electron chi connectivity index (χ4n) is 3.25. The fourth-order valence-corrected chi connectivity index (χ4v) is 4.58. The average Bonchev–Trinajstić information content (AvgIpc) is 3.03. The van der Waals surface area contributed by atoms with Crippen molar-refractivity contribution >= 4 is 39.9 Å². The smallest absolute Gasteiger partial charge is 0.270 e. The van der Waals surface area contributed by atoms with Gasteiger partial charge in [-0.15, -0.1) is 11.3 Å². The van der Waals surface area contributed by atoms with Crippen LogP contribution in [0.3, 0.4) is 0 Å². The lowest BCUT2D eigenvalue weighted by Crippen LogP contribution is -3.11. The van der Waals surface area contributed by atoms with E-state index in [2.05, 4.69) is 12.2 Å². The number of nitro benzene ring substituents is 1. The van der Waals surface area contributed by atoms with Gasteiger partial charge in [-0.3, -0.25) is 19.7 Å². The highest BCUT2D eigenvalue weighted by Gasteiger charge is 2.28. The van der Waals surface area contributed by atoms with Gasteiger partial charge in [0.2, 0.25) is 5.91 Å². The summed E-state index contributed by atoms with van der Waals surface area (Å²) < 4.78 is 0. The van der Waals surface area contributed by atoms with Gasteiger partial charge in [-0.2, -0.15) is 0 Å². The van der Waals surface area contributed by atoms with Crippen LogP contribution in [0.4, 0.5) is 10.7 Å². The van der Waals surface area contributed by atoms with Crippen LogP contribution in [0.25, 0.3) is 6.08 Å². The van der Waals surface area contributed by atoms with Gasteiger partial charge in [0.1, 0.15) is 11.5 Å². The second kappa shape index (κ2) is 8.32. The number of rotatable bonds is 6. The van der Waals surface area contributed by atoms with Crippen molar-refractivity contribution in [3.63, 3.8) is 0 Å². The van der Waals surface area contributed by atoms with Crippen molar-refractivity contribution < 1.29 is 19.4 Å². The number of nitro groups is 1. The Morgan fingerprint density at radius 1 is 1.43 bits per heavy atom. The van der Waals surface area contributed by atoms with Gasteiger partial charge in [0.05, 0.1) is 28.5 Å². The molecule has 1 aliphatic rings. The quantitative estimate of drug-likeness (QED) is 0.385. The molecule has 3 rings (SSSR count). The lowest BCUT2D eigenvalue weighted by Gasteiger charge is -2.22. The largest absolute Gasteiger partial charge is 0.365 e. The summed E-state index contributed by atoms with van der Waals surface area (Å²) in [5, 5.41) is 14.0. The zero-order valence-corrected chi connectivity index (χ0v) is 16.2. The van der Waals surface area contributed by atoms with E-state index in [0.717, 1.165) is 36.5 Å². The highest BCUT2D eigenvalue weighted by Crippen LogP contribution is 2.34. The van der Waals surface area contributed by atoms with Crippen LogP contribution in [0.15, 0.2) is 30.3 Å². The Labute approximate surface area is 165 Å². The van der Waals surface area contributed by atoms with Crippen LogP contribution >= 0.6 is 11.3 Å². The van der Waals surface area contributed by atoms with E-state index in [1.54, 1.807) is 12.1 Å². The maximum Gasteiger partial charge on any atom is 0.270 e. The molecule has 28 heavy (non-hydrogen) atoms. The minimum Gasteiger partial charge on any atom is -0.365 e. The van der Waals surface area contributed by atoms with Crippen molar-refractivity contribution in [3.05, 3.63) is 62.0 Å². The molecular weight excluding hydrogens is 380 g/mol. The number of carbonyl (C=O) groups excluding carboxylic acids is 2. The van der Waals surface area contributed by atoms with Gasteiger partial charge >= 0.3 is 0 Å². The maximum atomic E-state index is 12.3. The lowest BCUT2D eigenvalue weighted by atomic mass is 10.0. The molecule has 2 aromatic rings. The second-order valence-electron chi connectivity index (χ2n) is 6.53. The number of quaternary nitrogens is 1. The third kappa shape index (κ3) is 4.26. The molecule has 0 aliphatic carbocycles. The molecule has 1 atom stereocenters. The predicted molar refractivity (Wildman–Crippen MR) is 107 cm³/mol.